The molecule has 37 heavy (non-hydrogen) atoms. The van der Waals surface area contributed by atoms with E-state index < -0.39 is 29.5 Å². The van der Waals surface area contributed by atoms with Crippen LogP contribution in [0.5, 0.6) is 0 Å². The molecule has 1 aliphatic heterocycles. The molecule has 0 spiro atoms. The summed E-state index contributed by atoms with van der Waals surface area (Å²) in [6.07, 6.45) is 0. The van der Waals surface area contributed by atoms with E-state index in [1.54, 1.807) is 24.3 Å². The van der Waals surface area contributed by atoms with E-state index in [9.17, 15) is 19.2 Å². The van der Waals surface area contributed by atoms with Crippen LogP contribution in [-0.2, 0) is 0 Å². The molecule has 0 aliphatic carbocycles. The third-order valence-electron chi connectivity index (χ3n) is 5.75. The third kappa shape index (κ3) is 4.71. The zero-order chi connectivity index (χ0) is 27.3. The van der Waals surface area contributed by atoms with Crippen molar-refractivity contribution in [2.45, 2.75) is 19.9 Å². The number of imide groups is 1. The first-order chi connectivity index (χ1) is 17.4. The number of ketones is 1. The number of benzene rings is 3. The molecule has 1 heterocycles. The van der Waals surface area contributed by atoms with Crippen LogP contribution in [-0.4, -0.2) is 39.6 Å². The van der Waals surface area contributed by atoms with Crippen LogP contribution in [0.25, 0.3) is 0 Å². The number of aryl methyl sites for hydroxylation is 1. The topological polar surface area (TPSA) is 74.8 Å². The number of fused-ring (bicyclic) bond motifs is 1. The Hall–Kier alpha value is -2.32. The first kappa shape index (κ1) is 27.7. The second-order valence-corrected chi connectivity index (χ2v) is 10.4. The van der Waals surface area contributed by atoms with Crippen LogP contribution in [0.15, 0.2) is 42.5 Å². The lowest BCUT2D eigenvalue weighted by Gasteiger charge is -2.34. The molecule has 0 bridgehead atoms. The molecule has 0 aromatic heterocycles. The minimum atomic E-state index is -1.34. The van der Waals surface area contributed by atoms with E-state index in [-0.39, 0.29) is 52.4 Å². The summed E-state index contributed by atoms with van der Waals surface area (Å²) >= 11 is 36.8. The van der Waals surface area contributed by atoms with Gasteiger partial charge in [-0.1, -0.05) is 99.4 Å². The van der Waals surface area contributed by atoms with E-state index in [4.69, 9.17) is 69.6 Å². The highest BCUT2D eigenvalue weighted by Gasteiger charge is 2.48. The molecule has 190 valence electrons. The Morgan fingerprint density at radius 1 is 0.730 bits per heavy atom. The Morgan fingerprint density at radius 2 is 1.22 bits per heavy atom. The fraction of sp³-hybridized carbons (Fsp3) is 0.120. The molecule has 0 saturated heterocycles. The van der Waals surface area contributed by atoms with E-state index in [1.165, 1.54) is 25.1 Å². The van der Waals surface area contributed by atoms with Gasteiger partial charge in [0, 0.05) is 11.1 Å². The van der Waals surface area contributed by atoms with Crippen LogP contribution in [0.1, 0.15) is 53.9 Å². The monoisotopic (exact) mass is 616 g/mol. The Bertz CT molecular complexity index is 1460. The fourth-order valence-electron chi connectivity index (χ4n) is 3.80. The average molecular weight is 619 g/mol. The highest BCUT2D eigenvalue weighted by molar-refractivity contribution is 6.55. The number of amides is 3. The van der Waals surface area contributed by atoms with Crippen molar-refractivity contribution in [2.24, 2.45) is 0 Å². The molecule has 12 heteroatoms. The van der Waals surface area contributed by atoms with Crippen LogP contribution in [0.2, 0.25) is 30.1 Å². The summed E-state index contributed by atoms with van der Waals surface area (Å²) in [4.78, 5) is 54.4. The van der Waals surface area contributed by atoms with Crippen LogP contribution < -0.4 is 0 Å². The number of Topliss-reactive ketones (excluding diaryl/α,β-unsaturated/α-hetero) is 1. The fourth-order valence-corrected chi connectivity index (χ4v) is 5.12. The number of hydrazine groups is 1. The Morgan fingerprint density at radius 3 is 1.70 bits per heavy atom. The molecule has 3 amide bonds. The first-order valence-electron chi connectivity index (χ1n) is 10.5. The third-order valence-corrected chi connectivity index (χ3v) is 8.29. The van der Waals surface area contributed by atoms with Gasteiger partial charge in [-0.05, 0) is 32.0 Å². The van der Waals surface area contributed by atoms with Crippen molar-refractivity contribution in [2.75, 3.05) is 0 Å². The molecule has 0 unspecified atom stereocenters. The summed E-state index contributed by atoms with van der Waals surface area (Å²) in [5.41, 5.74) is 0.443. The van der Waals surface area contributed by atoms with Gasteiger partial charge in [0.25, 0.3) is 17.7 Å². The molecule has 4 rings (SSSR count). The quantitative estimate of drug-likeness (QED) is 0.126. The lowest BCUT2D eigenvalue weighted by Crippen LogP contribution is -2.56. The lowest BCUT2D eigenvalue weighted by molar-refractivity contribution is -0.00679. The molecule has 3 aromatic carbocycles. The van der Waals surface area contributed by atoms with Crippen molar-refractivity contribution in [1.29, 1.82) is 0 Å². The SMILES string of the molecule is Cc1ccc(C(=O)[C@H](C)N(C(=O)c2ccc(Cl)c(Cl)c2)N2C(=O)c3c(Cl)c(Cl)c(Cl)c(Cl)c3C2=O)cc1. The number of hydrogen-bond acceptors (Lipinski definition) is 4. The van der Waals surface area contributed by atoms with Crippen molar-refractivity contribution in [3.8, 4) is 0 Å². The van der Waals surface area contributed by atoms with Gasteiger partial charge < -0.3 is 0 Å². The smallest absolute Gasteiger partial charge is 0.282 e. The first-order valence-corrected chi connectivity index (χ1v) is 12.8. The maximum absolute atomic E-state index is 13.8. The van der Waals surface area contributed by atoms with E-state index in [0.717, 1.165) is 10.6 Å². The largest absolute Gasteiger partial charge is 0.292 e. The number of halogens is 6. The minimum absolute atomic E-state index is 0.0391. The average Bonchev–Trinajstić information content (AvgIpc) is 3.13. The molecular formula is C25H14Cl6N2O4. The van der Waals surface area contributed by atoms with Gasteiger partial charge in [-0.25, -0.2) is 5.01 Å². The van der Waals surface area contributed by atoms with Crippen molar-refractivity contribution >= 4 is 93.1 Å². The normalized spacial score (nSPS) is 13.6. The molecular weight excluding hydrogens is 605 g/mol. The van der Waals surface area contributed by atoms with Gasteiger partial charge in [-0.15, -0.1) is 0 Å². The van der Waals surface area contributed by atoms with Gasteiger partial charge in [0.1, 0.15) is 6.04 Å². The van der Waals surface area contributed by atoms with Crippen LogP contribution in [0, 0.1) is 6.92 Å². The summed E-state index contributed by atoms with van der Waals surface area (Å²) < 4.78 is 0. The highest BCUT2D eigenvalue weighted by atomic mass is 35.5. The second-order valence-electron chi connectivity index (χ2n) is 8.11. The second kappa shape index (κ2) is 10.4. The number of rotatable bonds is 5. The summed E-state index contributed by atoms with van der Waals surface area (Å²) in [6.45, 7) is 3.23. The van der Waals surface area contributed by atoms with Gasteiger partial charge in [-0.2, -0.15) is 5.01 Å². The predicted molar refractivity (Wildman–Crippen MR) is 145 cm³/mol. The molecule has 3 aromatic rings. The zero-order valence-electron chi connectivity index (χ0n) is 18.9. The van der Waals surface area contributed by atoms with Gasteiger partial charge in [0.15, 0.2) is 5.78 Å². The lowest BCUT2D eigenvalue weighted by atomic mass is 10.0. The molecule has 0 N–H and O–H groups in total. The van der Waals surface area contributed by atoms with E-state index in [0.29, 0.717) is 5.01 Å². The Kier molecular flexibility index (Phi) is 7.82. The molecule has 0 fully saturated rings. The van der Waals surface area contributed by atoms with Crippen LogP contribution in [0.3, 0.4) is 0 Å². The Balaban J connectivity index is 1.88. The van der Waals surface area contributed by atoms with Crippen LogP contribution >= 0.6 is 69.6 Å². The van der Waals surface area contributed by atoms with Crippen LogP contribution in [0.4, 0.5) is 0 Å². The van der Waals surface area contributed by atoms with Crippen molar-refractivity contribution in [3.63, 3.8) is 0 Å². The summed E-state index contributed by atoms with van der Waals surface area (Å²) in [5, 5.41) is 0.381. The van der Waals surface area contributed by atoms with E-state index >= 15 is 0 Å². The van der Waals surface area contributed by atoms with Gasteiger partial charge in [-0.3, -0.25) is 19.2 Å². The van der Waals surface area contributed by atoms with Crippen molar-refractivity contribution in [1.82, 2.24) is 10.0 Å². The minimum Gasteiger partial charge on any atom is -0.292 e. The number of nitrogens with zero attached hydrogens (tertiary/aromatic N) is 2. The number of hydrogen-bond donors (Lipinski definition) is 0. The van der Waals surface area contributed by atoms with E-state index in [2.05, 4.69) is 0 Å². The number of carbonyl (C=O) groups is 4. The summed E-state index contributed by atoms with van der Waals surface area (Å²) in [6, 6.07) is 9.23. The molecule has 0 radical (unpaired) electrons. The maximum Gasteiger partial charge on any atom is 0.282 e. The molecule has 1 atom stereocenters. The van der Waals surface area contributed by atoms with Crippen molar-refractivity contribution < 1.29 is 19.2 Å². The number of carbonyl (C=O) groups excluding carboxylic acids is 4. The van der Waals surface area contributed by atoms with Gasteiger partial charge in [0.05, 0.1) is 41.3 Å². The van der Waals surface area contributed by atoms with Gasteiger partial charge >= 0.3 is 0 Å². The van der Waals surface area contributed by atoms with Crippen molar-refractivity contribution in [3.05, 3.63) is 100 Å². The summed E-state index contributed by atoms with van der Waals surface area (Å²) in [5.74, 6) is -3.45. The molecule has 1 aliphatic rings. The molecule has 0 saturated carbocycles. The molecule has 6 nitrogen and oxygen atoms in total. The Labute approximate surface area is 241 Å². The standard InChI is InChI=1S/C25H14Cl6N2O4/c1-10-3-5-12(6-4-10)22(34)11(2)32(23(35)13-7-8-14(26)15(27)9-13)33-24(36)16-17(25(33)37)19(29)21(31)20(30)18(16)28/h3-9,11H,1-2H3/t11-/m0/s1. The summed E-state index contributed by atoms with van der Waals surface area (Å²) in [7, 11) is 0. The van der Waals surface area contributed by atoms with E-state index in [1.807, 2.05) is 6.92 Å². The predicted octanol–water partition coefficient (Wildman–Crippen LogP) is 7.84. The highest BCUT2D eigenvalue weighted by Crippen LogP contribution is 2.45. The van der Waals surface area contributed by atoms with Gasteiger partial charge in [0.2, 0.25) is 0 Å². The maximum atomic E-state index is 13.8. The zero-order valence-corrected chi connectivity index (χ0v) is 23.4.